The van der Waals surface area contributed by atoms with Gasteiger partial charge in [-0.15, -0.1) is 0 Å². The zero-order valence-electron chi connectivity index (χ0n) is 21.1. The van der Waals surface area contributed by atoms with E-state index < -0.39 is 12.2 Å². The number of ether oxygens (including phenoxy) is 2. The van der Waals surface area contributed by atoms with Crippen molar-refractivity contribution >= 4 is 29.6 Å². The molecule has 198 valence electrons. The maximum absolute atomic E-state index is 12.9. The largest absolute Gasteiger partial charge is 0.508 e. The first-order chi connectivity index (χ1) is 17.8. The number of rotatable bonds is 12. The van der Waals surface area contributed by atoms with E-state index >= 15 is 0 Å². The summed E-state index contributed by atoms with van der Waals surface area (Å²) in [4.78, 5) is 36.4. The molecule has 2 heterocycles. The highest BCUT2D eigenvalue weighted by molar-refractivity contribution is 6.30. The fourth-order valence-corrected chi connectivity index (χ4v) is 3.70. The number of nitrogens with zero attached hydrogens (tertiary/aromatic N) is 2. The lowest BCUT2D eigenvalue weighted by molar-refractivity contribution is 0.0523. The van der Waals surface area contributed by atoms with Crippen LogP contribution in [0.25, 0.3) is 11.3 Å². The van der Waals surface area contributed by atoms with Crippen molar-refractivity contribution in [3.05, 3.63) is 64.6 Å². The molecule has 0 aliphatic heterocycles. The van der Waals surface area contributed by atoms with Crippen LogP contribution in [0, 0.1) is 6.92 Å². The summed E-state index contributed by atoms with van der Waals surface area (Å²) >= 11 is 6.04. The van der Waals surface area contributed by atoms with Crippen molar-refractivity contribution in [1.82, 2.24) is 20.3 Å². The number of aromatic nitrogens is 3. The molecule has 4 N–H and O–H groups in total. The summed E-state index contributed by atoms with van der Waals surface area (Å²) < 4.78 is 10.1. The van der Waals surface area contributed by atoms with Crippen LogP contribution in [0.1, 0.15) is 54.3 Å². The number of carbonyl (C=O) groups excluding carboxylic acids is 2. The molecule has 2 atom stereocenters. The van der Waals surface area contributed by atoms with Gasteiger partial charge in [0.2, 0.25) is 5.95 Å². The first-order valence-electron chi connectivity index (χ1n) is 12.1. The Hall–Kier alpha value is -3.63. The van der Waals surface area contributed by atoms with Crippen LogP contribution < -0.4 is 10.6 Å². The summed E-state index contributed by atoms with van der Waals surface area (Å²) in [5.41, 5.74) is 3.17. The number of aryl methyl sites for hydroxylation is 1. The van der Waals surface area contributed by atoms with Gasteiger partial charge in [0.25, 0.3) is 5.91 Å². The van der Waals surface area contributed by atoms with Gasteiger partial charge in [0.1, 0.15) is 12.3 Å². The summed E-state index contributed by atoms with van der Waals surface area (Å²) in [7, 11) is 0. The Labute approximate surface area is 220 Å². The third-order valence-electron chi connectivity index (χ3n) is 5.56. The van der Waals surface area contributed by atoms with Gasteiger partial charge < -0.3 is 30.2 Å². The first-order valence-corrected chi connectivity index (χ1v) is 12.5. The number of benzene rings is 1. The molecule has 3 aromatic rings. The second-order valence-corrected chi connectivity index (χ2v) is 8.89. The van der Waals surface area contributed by atoms with Crippen LogP contribution in [0.5, 0.6) is 0 Å². The Morgan fingerprint density at radius 3 is 2.73 bits per heavy atom. The van der Waals surface area contributed by atoms with E-state index in [2.05, 4.69) is 25.6 Å². The van der Waals surface area contributed by atoms with E-state index in [-0.39, 0.29) is 25.2 Å². The summed E-state index contributed by atoms with van der Waals surface area (Å²) in [5, 5.41) is 16.3. The van der Waals surface area contributed by atoms with Crippen LogP contribution >= 0.6 is 11.6 Å². The fourth-order valence-electron chi connectivity index (χ4n) is 3.50. The van der Waals surface area contributed by atoms with Crippen molar-refractivity contribution in [2.45, 2.75) is 45.7 Å². The molecule has 0 saturated carbocycles. The molecule has 1 amide bonds. The number of amides is 1. The molecule has 0 bridgehead atoms. The van der Waals surface area contributed by atoms with E-state index in [0.717, 1.165) is 12.0 Å². The number of nitrogens with one attached hydrogen (secondary N) is 3. The second-order valence-electron chi connectivity index (χ2n) is 8.45. The lowest BCUT2D eigenvalue weighted by Crippen LogP contribution is -2.31. The molecule has 0 fully saturated rings. The van der Waals surface area contributed by atoms with Crippen LogP contribution in [-0.2, 0) is 9.47 Å². The predicted octanol–water partition coefficient (Wildman–Crippen LogP) is 4.65. The molecule has 3 rings (SSSR count). The van der Waals surface area contributed by atoms with Crippen LogP contribution in [0.4, 0.5) is 10.7 Å². The summed E-state index contributed by atoms with van der Waals surface area (Å²) in [6, 6.07) is 7.84. The number of aliphatic hydroxyl groups is 1. The number of hydrogen-bond donors (Lipinski definition) is 4. The highest BCUT2D eigenvalue weighted by atomic mass is 35.5. The molecule has 37 heavy (non-hydrogen) atoms. The first kappa shape index (κ1) is 27.9. The molecule has 0 aliphatic carbocycles. The number of carbonyl (C=O) groups is 2. The van der Waals surface area contributed by atoms with Crippen LogP contribution in [-0.4, -0.2) is 58.0 Å². The molecule has 0 saturated heterocycles. The zero-order valence-corrected chi connectivity index (χ0v) is 21.8. The molecule has 11 heteroatoms. The smallest absolute Gasteiger partial charge is 0.434 e. The number of anilines is 1. The molecule has 2 aromatic heterocycles. The monoisotopic (exact) mass is 529 g/mol. The third-order valence-corrected chi connectivity index (χ3v) is 5.80. The van der Waals surface area contributed by atoms with Gasteiger partial charge in [-0.05, 0) is 49.1 Å². The molecule has 0 radical (unpaired) electrons. The predicted molar refractivity (Wildman–Crippen MR) is 141 cm³/mol. The zero-order chi connectivity index (χ0) is 26.8. The Kier molecular flexibility index (Phi) is 10.3. The average Bonchev–Trinajstić information content (AvgIpc) is 3.39. The van der Waals surface area contributed by atoms with Gasteiger partial charge in [-0.1, -0.05) is 37.6 Å². The van der Waals surface area contributed by atoms with E-state index in [1.807, 2.05) is 20.8 Å². The average molecular weight is 530 g/mol. The lowest BCUT2D eigenvalue weighted by atomic mass is 10.1. The van der Waals surface area contributed by atoms with Crippen LogP contribution in [0.3, 0.4) is 0 Å². The summed E-state index contributed by atoms with van der Waals surface area (Å²) in [6.07, 6.45) is 4.05. The lowest BCUT2D eigenvalue weighted by Gasteiger charge is -2.17. The highest BCUT2D eigenvalue weighted by Crippen LogP contribution is 2.24. The van der Waals surface area contributed by atoms with Crippen molar-refractivity contribution in [2.24, 2.45) is 0 Å². The maximum atomic E-state index is 12.9. The van der Waals surface area contributed by atoms with Gasteiger partial charge >= 0.3 is 6.16 Å². The second kappa shape index (κ2) is 13.6. The maximum Gasteiger partial charge on any atom is 0.508 e. The van der Waals surface area contributed by atoms with Gasteiger partial charge in [0.05, 0.1) is 31.0 Å². The van der Waals surface area contributed by atoms with E-state index in [1.54, 1.807) is 42.7 Å². The summed E-state index contributed by atoms with van der Waals surface area (Å²) in [5.74, 6) is -0.0139. The Bertz CT molecular complexity index is 1200. The molecule has 1 aromatic carbocycles. The number of halogens is 1. The number of aromatic amines is 1. The summed E-state index contributed by atoms with van der Waals surface area (Å²) in [6.45, 7) is 5.87. The van der Waals surface area contributed by atoms with E-state index in [0.29, 0.717) is 46.5 Å². The molecular formula is C26H32ClN5O5. The fraction of sp³-hybridized carbons (Fsp3) is 0.385. The van der Waals surface area contributed by atoms with Crippen molar-refractivity contribution < 1.29 is 24.2 Å². The Balaban J connectivity index is 1.69. The molecular weight excluding hydrogens is 498 g/mol. The quantitative estimate of drug-likeness (QED) is 0.249. The third kappa shape index (κ3) is 7.93. The van der Waals surface area contributed by atoms with Crippen molar-refractivity contribution in [1.29, 1.82) is 0 Å². The number of aliphatic hydroxyl groups excluding tert-OH is 1. The minimum Gasteiger partial charge on any atom is -0.434 e. The SMILES string of the molecule is CCCOC(=O)OC[C@@H](CC)Nc1ncc(C)c(-c2c[nH]c(C(=O)N[C@H](CO)c3cccc(Cl)c3)c2)n1. The molecule has 10 nitrogen and oxygen atoms in total. The number of H-pyrrole nitrogens is 1. The van der Waals surface area contributed by atoms with Gasteiger partial charge in [0.15, 0.2) is 0 Å². The highest BCUT2D eigenvalue weighted by Gasteiger charge is 2.19. The normalized spacial score (nSPS) is 12.5. The topological polar surface area (TPSA) is 138 Å². The van der Waals surface area contributed by atoms with E-state index in [9.17, 15) is 14.7 Å². The van der Waals surface area contributed by atoms with Crippen LogP contribution in [0.15, 0.2) is 42.7 Å². The van der Waals surface area contributed by atoms with Crippen molar-refractivity contribution in [3.8, 4) is 11.3 Å². The van der Waals surface area contributed by atoms with E-state index in [4.69, 9.17) is 21.1 Å². The minimum atomic E-state index is -0.704. The Morgan fingerprint density at radius 2 is 2.03 bits per heavy atom. The van der Waals surface area contributed by atoms with E-state index in [1.165, 1.54) is 0 Å². The standard InChI is InChI=1S/C26H32ClN5O5/c1-4-9-36-26(35)37-15-20(5-2)30-25-29-12-16(3)23(32-25)18-11-21(28-13-18)24(34)31-22(14-33)17-7-6-8-19(27)10-17/h6-8,10-13,20,22,28,33H,4-5,9,14-15H2,1-3H3,(H,31,34)(H,29,30,32)/t20-,22-/m1/s1. The Morgan fingerprint density at radius 1 is 1.22 bits per heavy atom. The molecule has 0 aliphatic rings. The van der Waals surface area contributed by atoms with Gasteiger partial charge in [-0.3, -0.25) is 4.79 Å². The van der Waals surface area contributed by atoms with Crippen LogP contribution in [0.2, 0.25) is 5.02 Å². The van der Waals surface area contributed by atoms with Gasteiger partial charge in [-0.2, -0.15) is 0 Å². The van der Waals surface area contributed by atoms with Crippen molar-refractivity contribution in [3.63, 3.8) is 0 Å². The molecule has 0 spiro atoms. The molecule has 0 unspecified atom stereocenters. The van der Waals surface area contributed by atoms with Gasteiger partial charge in [-0.25, -0.2) is 14.8 Å². The number of hydrogen-bond acceptors (Lipinski definition) is 8. The minimum absolute atomic E-state index is 0.110. The van der Waals surface area contributed by atoms with Crippen molar-refractivity contribution in [2.75, 3.05) is 25.1 Å². The van der Waals surface area contributed by atoms with Gasteiger partial charge in [0, 0.05) is 23.0 Å².